The van der Waals surface area contributed by atoms with Crippen molar-refractivity contribution in [2.75, 3.05) is 18.9 Å². The van der Waals surface area contributed by atoms with Crippen molar-refractivity contribution in [3.63, 3.8) is 0 Å². The highest BCUT2D eigenvalue weighted by atomic mass is 15.1. The zero-order valence-corrected chi connectivity index (χ0v) is 23.2. The highest BCUT2D eigenvalue weighted by Gasteiger charge is 2.14. The summed E-state index contributed by atoms with van der Waals surface area (Å²) in [5.74, 6) is 0. The molecule has 1 aromatic carbocycles. The molecular weight excluding hydrogens is 494 g/mol. The Morgan fingerprint density at radius 1 is 0.750 bits per heavy atom. The van der Waals surface area contributed by atoms with Crippen molar-refractivity contribution < 1.29 is 0 Å². The minimum absolute atomic E-state index is 0.617. The zero-order chi connectivity index (χ0) is 28.0. The Hall–Kier alpha value is -4.46. The summed E-state index contributed by atoms with van der Waals surface area (Å²) in [6, 6.07) is 24.8. The van der Waals surface area contributed by atoms with Crippen molar-refractivity contribution in [2.24, 2.45) is 4.99 Å². The Labute approximate surface area is 237 Å². The highest BCUT2D eigenvalue weighted by Crippen LogP contribution is 2.21. The molecule has 0 atom stereocenters. The van der Waals surface area contributed by atoms with Gasteiger partial charge >= 0.3 is 0 Å². The van der Waals surface area contributed by atoms with Gasteiger partial charge in [0.25, 0.3) is 0 Å². The molecule has 0 fully saturated rings. The van der Waals surface area contributed by atoms with Crippen LogP contribution in [0.25, 0.3) is 0 Å². The quantitative estimate of drug-likeness (QED) is 0.193. The number of benzene rings is 1. The molecule has 0 aliphatic heterocycles. The Bertz CT molecular complexity index is 1330. The van der Waals surface area contributed by atoms with E-state index in [1.54, 1.807) is 12.3 Å². The van der Waals surface area contributed by atoms with Crippen molar-refractivity contribution in [2.45, 2.75) is 32.7 Å². The molecule has 0 unspecified atom stereocenters. The number of rotatable bonds is 15. The Morgan fingerprint density at radius 2 is 1.25 bits per heavy atom. The number of nitrogens with one attached hydrogen (secondary N) is 1. The van der Waals surface area contributed by atoms with Crippen molar-refractivity contribution in [3.05, 3.63) is 145 Å². The van der Waals surface area contributed by atoms with Crippen LogP contribution in [-0.4, -0.2) is 44.6 Å². The van der Waals surface area contributed by atoms with E-state index in [0.29, 0.717) is 13.1 Å². The second-order valence-electron chi connectivity index (χ2n) is 9.62. The summed E-state index contributed by atoms with van der Waals surface area (Å²) in [4.78, 5) is 22.8. The molecule has 40 heavy (non-hydrogen) atoms. The summed E-state index contributed by atoms with van der Waals surface area (Å²) in [7, 11) is 1.96. The summed E-state index contributed by atoms with van der Waals surface area (Å²) >= 11 is 0. The lowest BCUT2D eigenvalue weighted by atomic mass is 10.1. The van der Waals surface area contributed by atoms with E-state index >= 15 is 0 Å². The number of aromatic nitrogens is 3. The first-order valence-electron chi connectivity index (χ1n) is 13.4. The predicted molar refractivity (Wildman–Crippen MR) is 164 cm³/mol. The van der Waals surface area contributed by atoms with Gasteiger partial charge in [0, 0.05) is 82.5 Å². The minimum Gasteiger partial charge on any atom is -0.388 e. The van der Waals surface area contributed by atoms with Gasteiger partial charge in [0.2, 0.25) is 0 Å². The first-order valence-corrected chi connectivity index (χ1v) is 13.4. The largest absolute Gasteiger partial charge is 0.388 e. The van der Waals surface area contributed by atoms with Crippen LogP contribution in [0.1, 0.15) is 28.2 Å². The SMILES string of the molecule is C=CC=NC(=C)CN(Cc1cc(CN(Cc2ccccn2)Cc2ccccn2)cc(NC)c1)Cc1ccccn1. The Balaban J connectivity index is 1.57. The van der Waals surface area contributed by atoms with Crippen molar-refractivity contribution in [3.8, 4) is 0 Å². The van der Waals surface area contributed by atoms with Gasteiger partial charge in [-0.1, -0.05) is 43.5 Å². The van der Waals surface area contributed by atoms with Gasteiger partial charge in [0.1, 0.15) is 0 Å². The van der Waals surface area contributed by atoms with E-state index in [4.69, 9.17) is 0 Å². The molecule has 3 aromatic heterocycles. The van der Waals surface area contributed by atoms with Crippen LogP contribution in [0, 0.1) is 0 Å². The molecule has 4 aromatic rings. The molecule has 1 N–H and O–H groups in total. The minimum atomic E-state index is 0.617. The van der Waals surface area contributed by atoms with E-state index < -0.39 is 0 Å². The second kappa shape index (κ2) is 15.2. The third kappa shape index (κ3) is 9.38. The summed E-state index contributed by atoms with van der Waals surface area (Å²) in [5.41, 5.74) is 7.34. The number of nitrogens with zero attached hydrogens (tertiary/aromatic N) is 6. The molecule has 3 heterocycles. The number of hydrogen-bond donors (Lipinski definition) is 1. The van der Waals surface area contributed by atoms with Gasteiger partial charge in [-0.25, -0.2) is 0 Å². The first-order chi connectivity index (χ1) is 19.6. The summed E-state index contributed by atoms with van der Waals surface area (Å²) in [6.45, 7) is 12.1. The van der Waals surface area contributed by atoms with E-state index in [1.165, 1.54) is 11.1 Å². The standard InChI is InChI=1S/C33H37N7/c1-4-14-35-27(2)21-39(24-30-11-5-8-15-36-30)22-28-18-29(20-33(19-28)34-3)23-40(25-31-12-6-9-16-37-31)26-32-13-7-10-17-38-32/h4-20,34H,1-2,21-26H2,3H3. The van der Waals surface area contributed by atoms with Crippen LogP contribution in [0.15, 0.2) is 121 Å². The number of aliphatic imine (C=N–C) groups is 1. The monoisotopic (exact) mass is 531 g/mol. The van der Waals surface area contributed by atoms with Crippen LogP contribution in [0.4, 0.5) is 5.69 Å². The van der Waals surface area contributed by atoms with Crippen LogP contribution in [0.3, 0.4) is 0 Å². The van der Waals surface area contributed by atoms with Crippen LogP contribution in [0.5, 0.6) is 0 Å². The maximum Gasteiger partial charge on any atom is 0.0544 e. The Kier molecular flexibility index (Phi) is 10.9. The highest BCUT2D eigenvalue weighted by molar-refractivity contribution is 5.71. The Morgan fingerprint density at radius 3 is 1.70 bits per heavy atom. The van der Waals surface area contributed by atoms with Crippen LogP contribution in [-0.2, 0) is 32.7 Å². The smallest absolute Gasteiger partial charge is 0.0544 e. The average Bonchev–Trinajstić information content (AvgIpc) is 2.97. The molecule has 7 heteroatoms. The van der Waals surface area contributed by atoms with Gasteiger partial charge in [0.05, 0.1) is 17.1 Å². The molecule has 0 saturated carbocycles. The van der Waals surface area contributed by atoms with Gasteiger partial charge in [-0.3, -0.25) is 29.7 Å². The fourth-order valence-corrected chi connectivity index (χ4v) is 4.56. The number of pyridine rings is 3. The molecule has 0 bridgehead atoms. The van der Waals surface area contributed by atoms with Crippen molar-refractivity contribution >= 4 is 11.9 Å². The van der Waals surface area contributed by atoms with Gasteiger partial charge in [-0.05, 0) is 59.7 Å². The van der Waals surface area contributed by atoms with Crippen LogP contribution in [0.2, 0.25) is 0 Å². The van der Waals surface area contributed by atoms with Gasteiger partial charge in [0.15, 0.2) is 0 Å². The third-order valence-electron chi connectivity index (χ3n) is 6.26. The second-order valence-corrected chi connectivity index (χ2v) is 9.62. The lowest BCUT2D eigenvalue weighted by Crippen LogP contribution is -2.26. The zero-order valence-electron chi connectivity index (χ0n) is 23.2. The fraction of sp³-hybridized carbons (Fsp3) is 0.212. The predicted octanol–water partition coefficient (Wildman–Crippen LogP) is 5.89. The topological polar surface area (TPSA) is 69.5 Å². The lowest BCUT2D eigenvalue weighted by molar-refractivity contribution is 0.241. The molecule has 7 nitrogen and oxygen atoms in total. The molecule has 0 aliphatic rings. The van der Waals surface area contributed by atoms with Crippen LogP contribution < -0.4 is 5.32 Å². The maximum absolute atomic E-state index is 4.57. The number of allylic oxidation sites excluding steroid dienone is 1. The molecular formula is C33H37N7. The number of anilines is 1. The summed E-state index contributed by atoms with van der Waals surface area (Å²) in [5, 5.41) is 3.35. The normalized spacial score (nSPS) is 11.3. The summed E-state index contributed by atoms with van der Waals surface area (Å²) < 4.78 is 0. The molecule has 4 rings (SSSR count). The molecule has 0 aliphatic carbocycles. The molecule has 0 amide bonds. The maximum atomic E-state index is 4.57. The molecule has 0 spiro atoms. The van der Waals surface area contributed by atoms with Crippen LogP contribution >= 0.6 is 0 Å². The van der Waals surface area contributed by atoms with E-state index in [9.17, 15) is 0 Å². The first kappa shape index (κ1) is 28.5. The van der Waals surface area contributed by atoms with E-state index in [-0.39, 0.29) is 0 Å². The summed E-state index contributed by atoms with van der Waals surface area (Å²) in [6.07, 6.45) is 8.86. The van der Waals surface area contributed by atoms with Crippen molar-refractivity contribution in [1.29, 1.82) is 0 Å². The molecule has 0 saturated heterocycles. The van der Waals surface area contributed by atoms with Crippen molar-refractivity contribution in [1.82, 2.24) is 24.8 Å². The average molecular weight is 532 g/mol. The van der Waals surface area contributed by atoms with E-state index in [2.05, 4.69) is 78.6 Å². The van der Waals surface area contributed by atoms with Gasteiger partial charge < -0.3 is 5.32 Å². The number of hydrogen-bond acceptors (Lipinski definition) is 7. The lowest BCUT2D eigenvalue weighted by Gasteiger charge is -2.25. The third-order valence-corrected chi connectivity index (χ3v) is 6.26. The molecule has 0 radical (unpaired) electrons. The van der Waals surface area contributed by atoms with E-state index in [0.717, 1.165) is 54.6 Å². The van der Waals surface area contributed by atoms with Gasteiger partial charge in [-0.15, -0.1) is 0 Å². The van der Waals surface area contributed by atoms with Gasteiger partial charge in [-0.2, -0.15) is 0 Å². The van der Waals surface area contributed by atoms with E-state index in [1.807, 2.05) is 68.1 Å². The molecule has 204 valence electrons. The fourth-order valence-electron chi connectivity index (χ4n) is 4.56.